The van der Waals surface area contributed by atoms with E-state index >= 15 is 0 Å². The Morgan fingerprint density at radius 1 is 1.38 bits per heavy atom. The van der Waals surface area contributed by atoms with Gasteiger partial charge in [-0.2, -0.15) is 5.10 Å². The minimum atomic E-state index is -0.638. The van der Waals surface area contributed by atoms with Gasteiger partial charge in [0, 0.05) is 7.05 Å². The maximum atomic E-state index is 11.6. The van der Waals surface area contributed by atoms with Crippen LogP contribution in [0.15, 0.2) is 52.2 Å². The highest BCUT2D eigenvalue weighted by Gasteiger charge is 2.23. The topological polar surface area (TPSA) is 83.4 Å². The summed E-state index contributed by atoms with van der Waals surface area (Å²) < 4.78 is 4.45. The van der Waals surface area contributed by atoms with Gasteiger partial charge < -0.3 is 4.74 Å². The Balaban J connectivity index is 2.10. The summed E-state index contributed by atoms with van der Waals surface area (Å²) in [4.78, 5) is 26.7. The zero-order valence-electron chi connectivity index (χ0n) is 11.6. The number of esters is 1. The first-order valence-corrected chi connectivity index (χ1v) is 6.12. The molecule has 21 heavy (non-hydrogen) atoms. The van der Waals surface area contributed by atoms with Crippen molar-refractivity contribution < 1.29 is 14.3 Å². The molecule has 0 radical (unpaired) electrons. The van der Waals surface area contributed by atoms with Crippen LogP contribution in [0.4, 0.5) is 0 Å². The van der Waals surface area contributed by atoms with Crippen molar-refractivity contribution in [1.82, 2.24) is 10.3 Å². The summed E-state index contributed by atoms with van der Waals surface area (Å²) in [5.41, 5.74) is 0.901. The van der Waals surface area contributed by atoms with E-state index in [0.29, 0.717) is 0 Å². The van der Waals surface area contributed by atoms with Crippen LogP contribution in [0, 0.1) is 0 Å². The van der Waals surface area contributed by atoms with Crippen molar-refractivity contribution >= 4 is 24.1 Å². The monoisotopic (exact) mass is 286 g/mol. The Kier molecular flexibility index (Phi) is 4.45. The molecule has 108 valence electrons. The number of carbonyl (C=O) groups is 2. The van der Waals surface area contributed by atoms with E-state index in [4.69, 9.17) is 0 Å². The highest BCUT2D eigenvalue weighted by Crippen LogP contribution is 2.07. The third-order valence-corrected chi connectivity index (χ3v) is 2.63. The minimum absolute atomic E-state index is 0.0152. The molecule has 7 heteroatoms. The summed E-state index contributed by atoms with van der Waals surface area (Å²) in [5, 5.41) is 8.09. The van der Waals surface area contributed by atoms with Crippen molar-refractivity contribution in [1.29, 1.82) is 0 Å². The molecule has 1 amide bonds. The Labute approximate surface area is 121 Å². The van der Waals surface area contributed by atoms with Crippen LogP contribution in [0.5, 0.6) is 0 Å². The van der Waals surface area contributed by atoms with Crippen molar-refractivity contribution in [3.8, 4) is 0 Å². The summed E-state index contributed by atoms with van der Waals surface area (Å²) in [7, 11) is 2.87. The van der Waals surface area contributed by atoms with Gasteiger partial charge in [0.05, 0.1) is 19.4 Å². The van der Waals surface area contributed by atoms with Crippen LogP contribution < -0.4 is 5.32 Å². The van der Waals surface area contributed by atoms with E-state index in [0.717, 1.165) is 11.6 Å². The van der Waals surface area contributed by atoms with Crippen molar-refractivity contribution in [3.05, 3.63) is 47.7 Å². The minimum Gasteiger partial charge on any atom is -0.466 e. The molecule has 0 aliphatic carbocycles. The highest BCUT2D eigenvalue weighted by molar-refractivity contribution is 6.13. The van der Waals surface area contributed by atoms with Gasteiger partial charge in [-0.1, -0.05) is 30.3 Å². The molecule has 0 aromatic heterocycles. The number of amides is 1. The van der Waals surface area contributed by atoms with E-state index < -0.39 is 11.9 Å². The number of rotatable bonds is 3. The van der Waals surface area contributed by atoms with E-state index in [1.165, 1.54) is 12.1 Å². The van der Waals surface area contributed by atoms with Crippen molar-refractivity contribution in [2.24, 2.45) is 10.1 Å². The highest BCUT2D eigenvalue weighted by atomic mass is 16.5. The number of methoxy groups -OCH3 is 1. The molecule has 1 N–H and O–H groups in total. The van der Waals surface area contributed by atoms with E-state index in [2.05, 4.69) is 20.1 Å². The third kappa shape index (κ3) is 3.75. The second kappa shape index (κ2) is 6.47. The number of hydrazone groups is 1. The van der Waals surface area contributed by atoms with Crippen LogP contribution in [-0.2, 0) is 14.3 Å². The predicted octanol–water partition coefficient (Wildman–Crippen LogP) is 0.495. The lowest BCUT2D eigenvalue weighted by atomic mass is 10.2. The zero-order chi connectivity index (χ0) is 15.2. The van der Waals surface area contributed by atoms with E-state index in [1.807, 2.05) is 30.3 Å². The van der Waals surface area contributed by atoms with Crippen LogP contribution in [0.25, 0.3) is 0 Å². The number of carbonyl (C=O) groups excluding carboxylic acids is 2. The fourth-order valence-corrected chi connectivity index (χ4v) is 1.53. The number of benzene rings is 1. The maximum Gasteiger partial charge on any atom is 0.332 e. The van der Waals surface area contributed by atoms with Crippen LogP contribution in [0.3, 0.4) is 0 Å². The molecule has 0 spiro atoms. The van der Waals surface area contributed by atoms with Gasteiger partial charge in [-0.15, -0.1) is 0 Å². The molecule has 2 rings (SSSR count). The lowest BCUT2D eigenvalue weighted by Gasteiger charge is -2.10. The van der Waals surface area contributed by atoms with Gasteiger partial charge in [0.15, 0.2) is 0 Å². The lowest BCUT2D eigenvalue weighted by Crippen LogP contribution is -2.34. The van der Waals surface area contributed by atoms with Crippen molar-refractivity contribution in [2.45, 2.75) is 0 Å². The molecule has 1 aliphatic heterocycles. The van der Waals surface area contributed by atoms with Crippen molar-refractivity contribution in [3.63, 3.8) is 0 Å². The van der Waals surface area contributed by atoms with Crippen LogP contribution in [0.1, 0.15) is 5.56 Å². The van der Waals surface area contributed by atoms with E-state index in [-0.39, 0.29) is 11.7 Å². The van der Waals surface area contributed by atoms with Crippen LogP contribution in [-0.4, -0.2) is 43.2 Å². The summed E-state index contributed by atoms with van der Waals surface area (Å²) in [5.74, 6) is -0.875. The molecule has 1 aromatic rings. The average molecular weight is 286 g/mol. The molecule has 1 heterocycles. The van der Waals surface area contributed by atoms with Gasteiger partial charge in [0.1, 0.15) is 5.70 Å². The molecule has 1 aromatic carbocycles. The fourth-order valence-electron chi connectivity index (χ4n) is 1.53. The molecule has 0 fully saturated rings. The van der Waals surface area contributed by atoms with E-state index in [1.54, 1.807) is 13.3 Å². The molecular weight excluding hydrogens is 272 g/mol. The molecular formula is C14H14N4O3. The number of guanidine groups is 1. The summed E-state index contributed by atoms with van der Waals surface area (Å²) in [6, 6.07) is 9.50. The van der Waals surface area contributed by atoms with Gasteiger partial charge in [0.25, 0.3) is 5.91 Å². The van der Waals surface area contributed by atoms with Gasteiger partial charge in [-0.3, -0.25) is 10.1 Å². The lowest BCUT2D eigenvalue weighted by molar-refractivity contribution is -0.135. The number of nitrogens with zero attached hydrogens (tertiary/aromatic N) is 3. The predicted molar refractivity (Wildman–Crippen MR) is 77.5 cm³/mol. The summed E-state index contributed by atoms with van der Waals surface area (Å²) in [6.45, 7) is 0. The SMILES string of the molecule is COC(=O)/C=C1/N=C(N(C)/N=C\c2ccccc2)NC1=O. The Morgan fingerprint density at radius 3 is 2.76 bits per heavy atom. The Bertz CT molecular complexity index is 635. The first-order chi connectivity index (χ1) is 10.1. The average Bonchev–Trinajstić information content (AvgIpc) is 2.87. The standard InChI is InChI=1S/C14H14N4O3/c1-18(15-9-10-6-4-3-5-7-10)14-16-11(13(20)17-14)8-12(19)21-2/h3-9H,1-2H3,(H,16,17,20)/b11-8+,15-9-. The molecule has 0 saturated carbocycles. The van der Waals surface area contributed by atoms with E-state index in [9.17, 15) is 9.59 Å². The van der Waals surface area contributed by atoms with Gasteiger partial charge >= 0.3 is 5.97 Å². The Morgan fingerprint density at radius 2 is 2.10 bits per heavy atom. The number of hydrogen-bond acceptors (Lipinski definition) is 6. The smallest absolute Gasteiger partial charge is 0.332 e. The first-order valence-electron chi connectivity index (χ1n) is 6.12. The number of ether oxygens (including phenoxy) is 1. The quantitative estimate of drug-likeness (QED) is 0.379. The molecule has 1 aliphatic rings. The Hall–Kier alpha value is -2.96. The largest absolute Gasteiger partial charge is 0.466 e. The van der Waals surface area contributed by atoms with Crippen LogP contribution in [0.2, 0.25) is 0 Å². The normalized spacial score (nSPS) is 16.0. The van der Waals surface area contributed by atoms with Crippen molar-refractivity contribution in [2.75, 3.05) is 14.2 Å². The first kappa shape index (κ1) is 14.4. The van der Waals surface area contributed by atoms with Crippen LogP contribution >= 0.6 is 0 Å². The second-order valence-corrected chi connectivity index (χ2v) is 4.12. The van der Waals surface area contributed by atoms with Gasteiger partial charge in [-0.05, 0) is 5.56 Å². The van der Waals surface area contributed by atoms with Gasteiger partial charge in [-0.25, -0.2) is 14.8 Å². The molecule has 0 bridgehead atoms. The van der Waals surface area contributed by atoms with Gasteiger partial charge in [0.2, 0.25) is 5.96 Å². The number of nitrogens with one attached hydrogen (secondary N) is 1. The number of hydrogen-bond donors (Lipinski definition) is 1. The molecule has 0 atom stereocenters. The molecule has 0 unspecified atom stereocenters. The second-order valence-electron chi connectivity index (χ2n) is 4.12. The fraction of sp³-hybridized carbons (Fsp3) is 0.143. The zero-order valence-corrected chi connectivity index (χ0v) is 11.6. The molecule has 7 nitrogen and oxygen atoms in total. The maximum absolute atomic E-state index is 11.6. The number of aliphatic imine (C=N–C) groups is 1. The summed E-state index contributed by atoms with van der Waals surface area (Å²) >= 11 is 0. The molecule has 0 saturated heterocycles. The third-order valence-electron chi connectivity index (χ3n) is 2.63. The summed E-state index contributed by atoms with van der Waals surface area (Å²) in [6.07, 6.45) is 2.66.